The van der Waals surface area contributed by atoms with E-state index in [-0.39, 0.29) is 5.38 Å². The van der Waals surface area contributed by atoms with Gasteiger partial charge in [0.2, 0.25) is 0 Å². The molecule has 0 spiro atoms. The van der Waals surface area contributed by atoms with Gasteiger partial charge in [-0.05, 0) is 36.8 Å². The van der Waals surface area contributed by atoms with Crippen LogP contribution < -0.4 is 0 Å². The molecule has 0 aromatic carbocycles. The van der Waals surface area contributed by atoms with Gasteiger partial charge in [-0.15, -0.1) is 11.6 Å². The van der Waals surface area contributed by atoms with Crippen LogP contribution in [0.1, 0.15) is 32.1 Å². The van der Waals surface area contributed by atoms with Crippen molar-refractivity contribution in [1.29, 1.82) is 0 Å². The molecule has 1 nitrogen and oxygen atoms in total. The Balaban J connectivity index is 2.24. The summed E-state index contributed by atoms with van der Waals surface area (Å²) in [5, 5.41) is 0.256. The lowest BCUT2D eigenvalue weighted by Crippen LogP contribution is -2.07. The molecule has 1 atom stereocenters. The van der Waals surface area contributed by atoms with Crippen molar-refractivity contribution in [3.63, 3.8) is 0 Å². The molecular weight excluding hydrogens is 184 g/mol. The number of hydrogen-bond donors (Lipinski definition) is 0. The Hall–Kier alpha value is -0.560. The Morgan fingerprint density at radius 2 is 2.08 bits per heavy atom. The molecule has 0 amide bonds. The molecule has 0 saturated carbocycles. The maximum absolute atomic E-state index is 11.5. The van der Waals surface area contributed by atoms with Crippen molar-refractivity contribution in [2.45, 2.75) is 37.5 Å². The van der Waals surface area contributed by atoms with Gasteiger partial charge in [0.15, 0.2) is 5.78 Å². The molecule has 2 aliphatic rings. The molecule has 0 aliphatic heterocycles. The molecule has 0 aromatic heterocycles. The summed E-state index contributed by atoms with van der Waals surface area (Å²) in [6.45, 7) is 0. The van der Waals surface area contributed by atoms with Gasteiger partial charge in [-0.1, -0.05) is 12.2 Å². The molecule has 0 N–H and O–H groups in total. The van der Waals surface area contributed by atoms with E-state index >= 15 is 0 Å². The highest BCUT2D eigenvalue weighted by molar-refractivity contribution is 6.20. The molecule has 2 rings (SSSR count). The van der Waals surface area contributed by atoms with E-state index in [1.54, 1.807) is 0 Å². The third kappa shape index (κ3) is 1.86. The van der Waals surface area contributed by atoms with E-state index in [2.05, 4.69) is 6.08 Å². The van der Waals surface area contributed by atoms with Crippen molar-refractivity contribution in [1.82, 2.24) is 0 Å². The monoisotopic (exact) mass is 196 g/mol. The number of carbonyl (C=O) groups excluding carboxylic acids is 1. The molecule has 0 fully saturated rings. The summed E-state index contributed by atoms with van der Waals surface area (Å²) in [6.07, 6.45) is 8.49. The van der Waals surface area contributed by atoms with E-state index in [1.165, 1.54) is 5.57 Å². The second kappa shape index (κ2) is 3.67. The van der Waals surface area contributed by atoms with E-state index in [0.717, 1.165) is 31.3 Å². The summed E-state index contributed by atoms with van der Waals surface area (Å²) in [6, 6.07) is 0. The number of ketones is 1. The highest BCUT2D eigenvalue weighted by atomic mass is 35.5. The van der Waals surface area contributed by atoms with Crippen LogP contribution in [0.15, 0.2) is 23.3 Å². The van der Waals surface area contributed by atoms with Crippen LogP contribution in [0.25, 0.3) is 0 Å². The normalized spacial score (nSPS) is 28.7. The average Bonchev–Trinajstić information content (AvgIpc) is 2.30. The lowest BCUT2D eigenvalue weighted by atomic mass is 9.93. The van der Waals surface area contributed by atoms with Gasteiger partial charge < -0.3 is 0 Å². The fourth-order valence-electron chi connectivity index (χ4n) is 2.00. The Morgan fingerprint density at radius 3 is 2.92 bits per heavy atom. The molecule has 13 heavy (non-hydrogen) atoms. The van der Waals surface area contributed by atoms with Gasteiger partial charge in [0, 0.05) is 11.8 Å². The van der Waals surface area contributed by atoms with E-state index < -0.39 is 0 Å². The summed E-state index contributed by atoms with van der Waals surface area (Å²) in [7, 11) is 0. The fourth-order valence-corrected chi connectivity index (χ4v) is 2.22. The zero-order chi connectivity index (χ0) is 9.26. The third-order valence-electron chi connectivity index (χ3n) is 2.78. The smallest absolute Gasteiger partial charge is 0.162 e. The zero-order valence-electron chi connectivity index (χ0n) is 7.55. The number of rotatable bonds is 0. The van der Waals surface area contributed by atoms with Gasteiger partial charge in [0.05, 0.1) is 0 Å². The zero-order valence-corrected chi connectivity index (χ0v) is 8.31. The molecule has 1 unspecified atom stereocenters. The fraction of sp³-hybridized carbons (Fsp3) is 0.545. The first-order valence-corrected chi connectivity index (χ1v) is 5.27. The van der Waals surface area contributed by atoms with E-state index in [9.17, 15) is 4.79 Å². The van der Waals surface area contributed by atoms with Gasteiger partial charge >= 0.3 is 0 Å². The van der Waals surface area contributed by atoms with Crippen LogP contribution in [-0.4, -0.2) is 11.2 Å². The summed E-state index contributed by atoms with van der Waals surface area (Å²) >= 11 is 6.07. The quantitative estimate of drug-likeness (QED) is 0.545. The van der Waals surface area contributed by atoms with E-state index in [0.29, 0.717) is 12.2 Å². The first kappa shape index (κ1) is 9.01. The standard InChI is InChI=1S/C11H13ClO/c12-9-5-4-8-2-1-3-11(13)10(8)7-6-9/h1-2,9H,3-7H2. The van der Waals surface area contributed by atoms with Crippen molar-refractivity contribution in [3.05, 3.63) is 23.3 Å². The minimum atomic E-state index is 0.256. The molecule has 0 radical (unpaired) electrons. The van der Waals surface area contributed by atoms with Crippen molar-refractivity contribution in [2.24, 2.45) is 0 Å². The SMILES string of the molecule is O=C1CC=CC2=C1CCC(Cl)CC2. The Morgan fingerprint density at radius 1 is 1.31 bits per heavy atom. The molecule has 0 saturated heterocycles. The van der Waals surface area contributed by atoms with E-state index in [1.807, 2.05) is 6.08 Å². The second-order valence-corrected chi connectivity index (χ2v) is 4.33. The van der Waals surface area contributed by atoms with Gasteiger partial charge in [-0.3, -0.25) is 4.79 Å². The van der Waals surface area contributed by atoms with Crippen LogP contribution in [0.2, 0.25) is 0 Å². The van der Waals surface area contributed by atoms with E-state index in [4.69, 9.17) is 11.6 Å². The predicted octanol–water partition coefficient (Wildman–Crippen LogP) is 2.99. The molecule has 0 bridgehead atoms. The van der Waals surface area contributed by atoms with Crippen LogP contribution in [0.5, 0.6) is 0 Å². The molecule has 2 heteroatoms. The van der Waals surface area contributed by atoms with Crippen LogP contribution >= 0.6 is 11.6 Å². The molecule has 0 heterocycles. The number of alkyl halides is 1. The third-order valence-corrected chi connectivity index (χ3v) is 3.22. The van der Waals surface area contributed by atoms with Crippen molar-refractivity contribution in [3.8, 4) is 0 Å². The van der Waals surface area contributed by atoms with Crippen LogP contribution in [0.4, 0.5) is 0 Å². The Labute approximate surface area is 83.5 Å². The Bertz CT molecular complexity index is 288. The predicted molar refractivity (Wildman–Crippen MR) is 53.9 cm³/mol. The molecule has 70 valence electrons. The number of hydrogen-bond acceptors (Lipinski definition) is 1. The highest BCUT2D eigenvalue weighted by Crippen LogP contribution is 2.30. The van der Waals surface area contributed by atoms with Gasteiger partial charge in [0.25, 0.3) is 0 Å². The summed E-state index contributed by atoms with van der Waals surface area (Å²) in [5.41, 5.74) is 2.28. The number of allylic oxidation sites excluding steroid dienone is 4. The highest BCUT2D eigenvalue weighted by Gasteiger charge is 2.21. The van der Waals surface area contributed by atoms with Gasteiger partial charge in [-0.25, -0.2) is 0 Å². The maximum atomic E-state index is 11.5. The first-order chi connectivity index (χ1) is 6.27. The number of halogens is 1. The first-order valence-electron chi connectivity index (χ1n) is 4.83. The molecule has 2 aliphatic carbocycles. The molecular formula is C11H13ClO. The average molecular weight is 197 g/mol. The van der Waals surface area contributed by atoms with Crippen molar-refractivity contribution >= 4 is 17.4 Å². The summed E-state index contributed by atoms with van der Waals surface area (Å²) in [5.74, 6) is 0.309. The lowest BCUT2D eigenvalue weighted by molar-refractivity contribution is -0.115. The van der Waals surface area contributed by atoms with Crippen LogP contribution in [0.3, 0.4) is 0 Å². The number of Topliss-reactive ketones (excluding diaryl/α,β-unsaturated/α-hetero) is 1. The van der Waals surface area contributed by atoms with Gasteiger partial charge in [-0.2, -0.15) is 0 Å². The van der Waals surface area contributed by atoms with Crippen LogP contribution in [-0.2, 0) is 4.79 Å². The molecule has 0 aromatic rings. The maximum Gasteiger partial charge on any atom is 0.162 e. The minimum absolute atomic E-state index is 0.256. The van der Waals surface area contributed by atoms with Crippen molar-refractivity contribution in [2.75, 3.05) is 0 Å². The summed E-state index contributed by atoms with van der Waals surface area (Å²) in [4.78, 5) is 11.5. The van der Waals surface area contributed by atoms with Gasteiger partial charge in [0.1, 0.15) is 0 Å². The topological polar surface area (TPSA) is 17.1 Å². The largest absolute Gasteiger partial charge is 0.294 e. The number of carbonyl (C=O) groups is 1. The minimum Gasteiger partial charge on any atom is -0.294 e. The lowest BCUT2D eigenvalue weighted by Gasteiger charge is -2.11. The second-order valence-electron chi connectivity index (χ2n) is 3.71. The summed E-state index contributed by atoms with van der Waals surface area (Å²) < 4.78 is 0. The Kier molecular flexibility index (Phi) is 2.54. The van der Waals surface area contributed by atoms with Crippen LogP contribution in [0, 0.1) is 0 Å². The van der Waals surface area contributed by atoms with Crippen molar-refractivity contribution < 1.29 is 4.79 Å².